The van der Waals surface area contributed by atoms with Gasteiger partial charge in [0, 0.05) is 23.2 Å². The van der Waals surface area contributed by atoms with Crippen molar-refractivity contribution in [1.82, 2.24) is 4.90 Å². The highest BCUT2D eigenvalue weighted by Crippen LogP contribution is 2.49. The van der Waals surface area contributed by atoms with Crippen LogP contribution in [0, 0.1) is 18.8 Å². The predicted octanol–water partition coefficient (Wildman–Crippen LogP) is 4.26. The van der Waals surface area contributed by atoms with Crippen LogP contribution in [0.3, 0.4) is 0 Å². The molecule has 3 heteroatoms. The van der Waals surface area contributed by atoms with Gasteiger partial charge in [-0.05, 0) is 37.7 Å². The minimum absolute atomic E-state index is 0.0939. The van der Waals surface area contributed by atoms with Gasteiger partial charge in [0.2, 0.25) is 0 Å². The first kappa shape index (κ1) is 15.8. The van der Waals surface area contributed by atoms with E-state index in [4.69, 9.17) is 4.74 Å². The van der Waals surface area contributed by atoms with Gasteiger partial charge in [-0.3, -0.25) is 4.79 Å². The first-order valence-electron chi connectivity index (χ1n) is 9.48. The molecule has 1 aliphatic carbocycles. The van der Waals surface area contributed by atoms with Crippen molar-refractivity contribution in [3.63, 3.8) is 0 Å². The molecule has 0 radical (unpaired) electrons. The topological polar surface area (TPSA) is 29.5 Å². The van der Waals surface area contributed by atoms with E-state index >= 15 is 0 Å². The van der Waals surface area contributed by atoms with E-state index in [1.165, 1.54) is 5.56 Å². The van der Waals surface area contributed by atoms with Crippen LogP contribution in [0.1, 0.15) is 39.9 Å². The second kappa shape index (κ2) is 5.82. The SMILES string of the molecule is Cc1ccc([C@]23OC[C@H]4CC=CC[C@@H]4CN2C(=O)c2ccccc23)cc1. The van der Waals surface area contributed by atoms with Crippen molar-refractivity contribution in [3.05, 3.63) is 82.9 Å². The lowest BCUT2D eigenvalue weighted by Gasteiger charge is -2.38. The molecule has 5 rings (SSSR count). The van der Waals surface area contributed by atoms with Gasteiger partial charge in [-0.15, -0.1) is 0 Å². The van der Waals surface area contributed by atoms with Crippen molar-refractivity contribution < 1.29 is 9.53 Å². The third-order valence-electron chi connectivity index (χ3n) is 6.23. The molecule has 132 valence electrons. The molecule has 0 spiro atoms. The standard InChI is InChI=1S/C23H23NO2/c1-16-10-12-19(13-11-16)23-21-9-5-4-8-20(21)22(25)24(23)14-17-6-2-3-7-18(17)15-26-23/h2-5,8-13,17-18H,6-7,14-15H2,1H3/t17-,18-,23-/m1/s1. The van der Waals surface area contributed by atoms with Gasteiger partial charge >= 0.3 is 0 Å². The number of carbonyl (C=O) groups is 1. The van der Waals surface area contributed by atoms with Crippen LogP contribution < -0.4 is 0 Å². The smallest absolute Gasteiger partial charge is 0.257 e. The van der Waals surface area contributed by atoms with Gasteiger partial charge in [-0.2, -0.15) is 0 Å². The molecule has 3 nitrogen and oxygen atoms in total. The number of carbonyl (C=O) groups excluding carboxylic acids is 1. The molecule has 2 aromatic carbocycles. The first-order valence-corrected chi connectivity index (χ1v) is 9.48. The number of hydrogen-bond donors (Lipinski definition) is 0. The van der Waals surface area contributed by atoms with Gasteiger partial charge in [-0.25, -0.2) is 0 Å². The number of amides is 1. The molecule has 2 heterocycles. The summed E-state index contributed by atoms with van der Waals surface area (Å²) in [7, 11) is 0. The zero-order chi connectivity index (χ0) is 17.7. The highest BCUT2D eigenvalue weighted by molar-refractivity contribution is 6.00. The molecule has 1 amide bonds. The first-order chi connectivity index (χ1) is 12.7. The predicted molar refractivity (Wildman–Crippen MR) is 101 cm³/mol. The zero-order valence-electron chi connectivity index (χ0n) is 15.0. The van der Waals surface area contributed by atoms with Crippen LogP contribution in [0.2, 0.25) is 0 Å². The van der Waals surface area contributed by atoms with E-state index in [2.05, 4.69) is 49.4 Å². The van der Waals surface area contributed by atoms with E-state index in [1.54, 1.807) is 0 Å². The number of aryl methyl sites for hydroxylation is 1. The summed E-state index contributed by atoms with van der Waals surface area (Å²) in [5.41, 5.74) is 3.23. The number of fused-ring (bicyclic) bond motifs is 4. The van der Waals surface area contributed by atoms with Gasteiger partial charge in [0.05, 0.1) is 6.61 Å². The molecule has 1 fully saturated rings. The summed E-state index contributed by atoms with van der Waals surface area (Å²) in [5, 5.41) is 0. The lowest BCUT2D eigenvalue weighted by molar-refractivity contribution is -0.0998. The van der Waals surface area contributed by atoms with E-state index in [0.717, 1.165) is 36.1 Å². The average molecular weight is 345 g/mol. The van der Waals surface area contributed by atoms with Crippen LogP contribution in [0.15, 0.2) is 60.7 Å². The Morgan fingerprint density at radius 2 is 1.73 bits per heavy atom. The molecular formula is C23H23NO2. The summed E-state index contributed by atoms with van der Waals surface area (Å²) < 4.78 is 6.68. The molecule has 0 saturated carbocycles. The van der Waals surface area contributed by atoms with Crippen molar-refractivity contribution in [1.29, 1.82) is 0 Å². The summed E-state index contributed by atoms with van der Waals surface area (Å²) >= 11 is 0. The zero-order valence-corrected chi connectivity index (χ0v) is 15.0. The Balaban J connectivity index is 1.70. The van der Waals surface area contributed by atoms with Crippen LogP contribution >= 0.6 is 0 Å². The van der Waals surface area contributed by atoms with E-state index in [-0.39, 0.29) is 5.91 Å². The fraction of sp³-hybridized carbons (Fsp3) is 0.348. The Morgan fingerprint density at radius 1 is 1.00 bits per heavy atom. The van der Waals surface area contributed by atoms with Crippen molar-refractivity contribution in [2.45, 2.75) is 25.5 Å². The van der Waals surface area contributed by atoms with Gasteiger partial charge in [0.25, 0.3) is 5.91 Å². The molecular weight excluding hydrogens is 322 g/mol. The third kappa shape index (κ3) is 2.13. The Bertz CT molecular complexity index is 885. The third-order valence-corrected chi connectivity index (χ3v) is 6.23. The number of ether oxygens (including phenoxy) is 1. The van der Waals surface area contributed by atoms with Gasteiger partial charge in [-0.1, -0.05) is 60.2 Å². The minimum atomic E-state index is -0.793. The maximum atomic E-state index is 13.3. The number of nitrogens with zero attached hydrogens (tertiary/aromatic N) is 1. The van der Waals surface area contributed by atoms with Crippen LogP contribution in [0.25, 0.3) is 0 Å². The highest BCUT2D eigenvalue weighted by atomic mass is 16.5. The normalized spacial score (nSPS) is 29.7. The molecule has 0 bridgehead atoms. The van der Waals surface area contributed by atoms with Crippen LogP contribution in [0.4, 0.5) is 0 Å². The maximum absolute atomic E-state index is 13.3. The molecule has 3 atom stereocenters. The fourth-order valence-corrected chi connectivity index (χ4v) is 4.76. The lowest BCUT2D eigenvalue weighted by atomic mass is 9.83. The average Bonchev–Trinajstić information content (AvgIpc) is 2.81. The van der Waals surface area contributed by atoms with Crippen molar-refractivity contribution in [2.24, 2.45) is 11.8 Å². The monoisotopic (exact) mass is 345 g/mol. The number of allylic oxidation sites excluding steroid dienone is 2. The summed E-state index contributed by atoms with van der Waals surface area (Å²) in [6.45, 7) is 3.51. The molecule has 2 aromatic rings. The van der Waals surface area contributed by atoms with E-state index in [0.29, 0.717) is 18.4 Å². The van der Waals surface area contributed by atoms with Crippen LogP contribution in [-0.2, 0) is 10.5 Å². The van der Waals surface area contributed by atoms with Crippen LogP contribution in [-0.4, -0.2) is 24.0 Å². The molecule has 1 saturated heterocycles. The second-order valence-corrected chi connectivity index (χ2v) is 7.75. The second-order valence-electron chi connectivity index (χ2n) is 7.75. The Kier molecular flexibility index (Phi) is 3.54. The van der Waals surface area contributed by atoms with Gasteiger partial charge in [0.15, 0.2) is 5.72 Å². The summed E-state index contributed by atoms with van der Waals surface area (Å²) in [6, 6.07) is 16.4. The quantitative estimate of drug-likeness (QED) is 0.723. The maximum Gasteiger partial charge on any atom is 0.257 e. The summed E-state index contributed by atoms with van der Waals surface area (Å²) in [4.78, 5) is 15.3. The van der Waals surface area contributed by atoms with E-state index in [9.17, 15) is 4.79 Å². The van der Waals surface area contributed by atoms with Gasteiger partial charge in [0.1, 0.15) is 0 Å². The summed E-state index contributed by atoms with van der Waals surface area (Å²) in [5.74, 6) is 1.04. The minimum Gasteiger partial charge on any atom is -0.347 e. The Labute approximate surface area is 154 Å². The lowest BCUT2D eigenvalue weighted by Crippen LogP contribution is -2.47. The van der Waals surface area contributed by atoms with Crippen LogP contribution in [0.5, 0.6) is 0 Å². The van der Waals surface area contributed by atoms with E-state index in [1.807, 2.05) is 23.1 Å². The molecule has 26 heavy (non-hydrogen) atoms. The fourth-order valence-electron chi connectivity index (χ4n) is 4.76. The Hall–Kier alpha value is -2.39. The van der Waals surface area contributed by atoms with Gasteiger partial charge < -0.3 is 9.64 Å². The van der Waals surface area contributed by atoms with E-state index < -0.39 is 5.72 Å². The molecule has 0 unspecified atom stereocenters. The number of hydrogen-bond acceptors (Lipinski definition) is 2. The molecule has 0 N–H and O–H groups in total. The molecule has 2 aliphatic heterocycles. The summed E-state index contributed by atoms with van der Waals surface area (Å²) in [6.07, 6.45) is 6.58. The number of rotatable bonds is 1. The van der Waals surface area contributed by atoms with Crippen molar-refractivity contribution in [2.75, 3.05) is 13.2 Å². The van der Waals surface area contributed by atoms with Crippen molar-refractivity contribution >= 4 is 5.91 Å². The molecule has 0 aromatic heterocycles. The van der Waals surface area contributed by atoms with Crippen molar-refractivity contribution in [3.8, 4) is 0 Å². The largest absolute Gasteiger partial charge is 0.347 e. The highest BCUT2D eigenvalue weighted by Gasteiger charge is 2.54. The Morgan fingerprint density at radius 3 is 2.54 bits per heavy atom. The number of benzene rings is 2. The molecule has 3 aliphatic rings.